The Bertz CT molecular complexity index is 648. The zero-order chi connectivity index (χ0) is 20.5. The maximum Gasteiger partial charge on any atom is 0.191 e. The van der Waals surface area contributed by atoms with Gasteiger partial charge < -0.3 is 25.0 Å². The van der Waals surface area contributed by atoms with Crippen LogP contribution in [0.3, 0.4) is 0 Å². The van der Waals surface area contributed by atoms with E-state index in [-0.39, 0.29) is 0 Å². The molecule has 0 aromatic heterocycles. The van der Waals surface area contributed by atoms with E-state index in [1.54, 1.807) is 7.11 Å². The highest BCUT2D eigenvalue weighted by atomic mass is 16.5. The van der Waals surface area contributed by atoms with Crippen molar-refractivity contribution in [3.05, 3.63) is 24.3 Å². The van der Waals surface area contributed by atoms with Crippen LogP contribution in [0.15, 0.2) is 29.3 Å². The number of aliphatic imine (C=N–C) groups is 1. The van der Waals surface area contributed by atoms with Crippen molar-refractivity contribution < 1.29 is 9.47 Å². The highest BCUT2D eigenvalue weighted by molar-refractivity contribution is 5.79. The minimum atomic E-state index is 0.435. The van der Waals surface area contributed by atoms with Crippen LogP contribution in [0.1, 0.15) is 20.3 Å². The number of nitrogens with one attached hydrogen (secondary N) is 2. The lowest BCUT2D eigenvalue weighted by atomic mass is 10.1. The van der Waals surface area contributed by atoms with Gasteiger partial charge in [0.2, 0.25) is 0 Å². The van der Waals surface area contributed by atoms with Crippen molar-refractivity contribution in [1.82, 2.24) is 15.5 Å². The third kappa shape index (κ3) is 6.51. The topological polar surface area (TPSA) is 61.4 Å². The van der Waals surface area contributed by atoms with E-state index in [9.17, 15) is 0 Å². The van der Waals surface area contributed by atoms with Crippen LogP contribution in [-0.2, 0) is 4.74 Å². The molecule has 2 fully saturated rings. The number of morpholine rings is 1. The van der Waals surface area contributed by atoms with E-state index in [0.717, 1.165) is 70.7 Å². The van der Waals surface area contributed by atoms with E-state index in [1.807, 2.05) is 6.07 Å². The number of anilines is 1. The summed E-state index contributed by atoms with van der Waals surface area (Å²) in [6.07, 6.45) is 1.19. The third-order valence-electron chi connectivity index (χ3n) is 5.79. The van der Waals surface area contributed by atoms with Crippen LogP contribution in [-0.4, -0.2) is 83.0 Å². The number of rotatable bonds is 8. The first-order valence-electron chi connectivity index (χ1n) is 10.9. The first-order valence-corrected chi connectivity index (χ1v) is 10.9. The van der Waals surface area contributed by atoms with Crippen molar-refractivity contribution in [3.8, 4) is 5.75 Å². The average molecular weight is 404 g/mol. The number of benzene rings is 1. The zero-order valence-corrected chi connectivity index (χ0v) is 18.2. The highest BCUT2D eigenvalue weighted by Gasteiger charge is 2.23. The van der Waals surface area contributed by atoms with Gasteiger partial charge in [0.1, 0.15) is 5.75 Å². The summed E-state index contributed by atoms with van der Waals surface area (Å²) in [4.78, 5) is 9.73. The molecule has 0 spiro atoms. The Balaban J connectivity index is 1.47. The summed E-state index contributed by atoms with van der Waals surface area (Å²) in [7, 11) is 1.72. The van der Waals surface area contributed by atoms with E-state index in [4.69, 9.17) is 14.5 Å². The minimum Gasteiger partial charge on any atom is -0.497 e. The second-order valence-electron chi connectivity index (χ2n) is 7.90. The summed E-state index contributed by atoms with van der Waals surface area (Å²) in [5.74, 6) is 2.45. The summed E-state index contributed by atoms with van der Waals surface area (Å²) in [6.45, 7) is 12.8. The quantitative estimate of drug-likeness (QED) is 0.510. The van der Waals surface area contributed by atoms with E-state index in [0.29, 0.717) is 12.0 Å². The lowest BCUT2D eigenvalue weighted by Crippen LogP contribution is -2.45. The van der Waals surface area contributed by atoms with Crippen LogP contribution in [0, 0.1) is 5.92 Å². The largest absolute Gasteiger partial charge is 0.497 e. The fourth-order valence-electron chi connectivity index (χ4n) is 3.98. The number of methoxy groups -OCH3 is 1. The molecule has 2 N–H and O–H groups in total. The number of hydrogen-bond donors (Lipinski definition) is 2. The van der Waals surface area contributed by atoms with Crippen molar-refractivity contribution in [1.29, 1.82) is 0 Å². The van der Waals surface area contributed by atoms with Gasteiger partial charge in [0.15, 0.2) is 5.96 Å². The fraction of sp³-hybridized carbons (Fsp3) is 0.682. The Labute approximate surface area is 175 Å². The Morgan fingerprint density at radius 3 is 2.86 bits per heavy atom. The van der Waals surface area contributed by atoms with Crippen molar-refractivity contribution in [3.63, 3.8) is 0 Å². The van der Waals surface area contributed by atoms with E-state index >= 15 is 0 Å². The third-order valence-corrected chi connectivity index (χ3v) is 5.79. The smallest absolute Gasteiger partial charge is 0.191 e. The van der Waals surface area contributed by atoms with Gasteiger partial charge in [-0.1, -0.05) is 6.07 Å². The molecule has 162 valence electrons. The monoisotopic (exact) mass is 403 g/mol. The molecule has 0 bridgehead atoms. The molecule has 1 aromatic rings. The highest BCUT2D eigenvalue weighted by Crippen LogP contribution is 2.26. The summed E-state index contributed by atoms with van der Waals surface area (Å²) in [5.41, 5.74) is 1.24. The molecule has 0 radical (unpaired) electrons. The van der Waals surface area contributed by atoms with Gasteiger partial charge in [0.05, 0.1) is 26.9 Å². The molecule has 7 nitrogen and oxygen atoms in total. The summed E-state index contributed by atoms with van der Waals surface area (Å²) < 4.78 is 10.8. The lowest BCUT2D eigenvalue weighted by molar-refractivity contribution is 0.0220. The molecule has 7 heteroatoms. The maximum atomic E-state index is 5.45. The zero-order valence-electron chi connectivity index (χ0n) is 18.2. The van der Waals surface area contributed by atoms with Gasteiger partial charge in [0, 0.05) is 57.1 Å². The molecular weight excluding hydrogens is 366 g/mol. The predicted octanol–water partition coefficient (Wildman–Crippen LogP) is 1.80. The molecule has 0 amide bonds. The molecule has 2 unspecified atom stereocenters. The Morgan fingerprint density at radius 1 is 1.28 bits per heavy atom. The number of ether oxygens (including phenoxy) is 2. The predicted molar refractivity (Wildman–Crippen MR) is 119 cm³/mol. The van der Waals surface area contributed by atoms with E-state index in [1.165, 1.54) is 12.1 Å². The van der Waals surface area contributed by atoms with Crippen LogP contribution in [0.5, 0.6) is 5.75 Å². The van der Waals surface area contributed by atoms with E-state index in [2.05, 4.69) is 52.5 Å². The van der Waals surface area contributed by atoms with Gasteiger partial charge in [-0.25, -0.2) is 0 Å². The lowest BCUT2D eigenvalue weighted by Gasteiger charge is -2.31. The second kappa shape index (κ2) is 11.3. The van der Waals surface area contributed by atoms with Gasteiger partial charge >= 0.3 is 0 Å². The molecule has 0 aliphatic carbocycles. The normalized spacial score (nSPS) is 21.8. The maximum absolute atomic E-state index is 5.45. The average Bonchev–Trinajstić information content (AvgIpc) is 3.25. The van der Waals surface area contributed by atoms with Crippen molar-refractivity contribution in [2.45, 2.75) is 26.3 Å². The molecule has 0 saturated carbocycles. The van der Waals surface area contributed by atoms with Crippen molar-refractivity contribution in [2.24, 2.45) is 10.9 Å². The number of hydrogen-bond acceptors (Lipinski definition) is 5. The molecule has 2 saturated heterocycles. The first kappa shape index (κ1) is 21.7. The molecule has 3 rings (SSSR count). The van der Waals surface area contributed by atoms with Crippen molar-refractivity contribution in [2.75, 3.05) is 71.0 Å². The van der Waals surface area contributed by atoms with Crippen LogP contribution < -0.4 is 20.3 Å². The van der Waals surface area contributed by atoms with Gasteiger partial charge in [-0.15, -0.1) is 0 Å². The van der Waals surface area contributed by atoms with Crippen LogP contribution in [0.25, 0.3) is 0 Å². The van der Waals surface area contributed by atoms with Gasteiger partial charge in [-0.05, 0) is 38.3 Å². The van der Waals surface area contributed by atoms with Gasteiger partial charge in [-0.3, -0.25) is 9.89 Å². The Hall–Kier alpha value is -1.99. The van der Waals surface area contributed by atoms with E-state index < -0.39 is 0 Å². The van der Waals surface area contributed by atoms with Crippen LogP contribution in [0.4, 0.5) is 5.69 Å². The first-order chi connectivity index (χ1) is 14.2. The Kier molecular flexibility index (Phi) is 8.43. The molecule has 2 atom stereocenters. The molecule has 2 heterocycles. The number of nitrogens with zero attached hydrogens (tertiary/aromatic N) is 3. The molecular formula is C22H37N5O2. The standard InChI is InChI=1S/C22H37N5O2/c1-4-23-22(24-15-18(2)26-10-12-29-13-11-26)25-16-19-8-9-27(17-19)20-6-5-7-21(14-20)28-3/h5-7,14,18-19H,4,8-13,15-17H2,1-3H3,(H2,23,24,25). The summed E-state index contributed by atoms with van der Waals surface area (Å²) in [5, 5.41) is 6.95. The second-order valence-corrected chi connectivity index (χ2v) is 7.90. The molecule has 1 aromatic carbocycles. The molecule has 2 aliphatic heterocycles. The van der Waals surface area contributed by atoms with Gasteiger partial charge in [0.25, 0.3) is 0 Å². The summed E-state index contributed by atoms with van der Waals surface area (Å²) in [6, 6.07) is 8.77. The SMILES string of the molecule is CCNC(=NCC(C)N1CCOCC1)NCC1CCN(c2cccc(OC)c2)C1. The Morgan fingerprint density at radius 2 is 2.10 bits per heavy atom. The van der Waals surface area contributed by atoms with Crippen LogP contribution >= 0.6 is 0 Å². The van der Waals surface area contributed by atoms with Crippen LogP contribution in [0.2, 0.25) is 0 Å². The molecule has 2 aliphatic rings. The minimum absolute atomic E-state index is 0.435. The number of guanidine groups is 1. The van der Waals surface area contributed by atoms with Gasteiger partial charge in [-0.2, -0.15) is 0 Å². The molecule has 29 heavy (non-hydrogen) atoms. The summed E-state index contributed by atoms with van der Waals surface area (Å²) >= 11 is 0. The fourth-order valence-corrected chi connectivity index (χ4v) is 3.98. The van der Waals surface area contributed by atoms with Crippen molar-refractivity contribution >= 4 is 11.6 Å².